The highest BCUT2D eigenvalue weighted by molar-refractivity contribution is 5.37. The van der Waals surface area contributed by atoms with Crippen molar-refractivity contribution in [2.24, 2.45) is 0 Å². The van der Waals surface area contributed by atoms with Crippen LogP contribution < -0.4 is 0 Å². The molecule has 2 aromatic heterocycles. The molecule has 5 nitrogen and oxygen atoms in total. The lowest BCUT2D eigenvalue weighted by Crippen LogP contribution is -2.26. The highest BCUT2D eigenvalue weighted by Crippen LogP contribution is 2.16. The van der Waals surface area contributed by atoms with E-state index in [2.05, 4.69) is 58.3 Å². The number of aryl methyl sites for hydroxylation is 2. The summed E-state index contributed by atoms with van der Waals surface area (Å²) in [7, 11) is 0. The van der Waals surface area contributed by atoms with E-state index in [1.165, 1.54) is 5.56 Å². The van der Waals surface area contributed by atoms with Gasteiger partial charge >= 0.3 is 0 Å². The Morgan fingerprint density at radius 2 is 1.84 bits per heavy atom. The molecule has 0 aliphatic carbocycles. The summed E-state index contributed by atoms with van der Waals surface area (Å²) in [6.45, 7) is 6.36. The fourth-order valence-corrected chi connectivity index (χ4v) is 3.04. The second-order valence-electron chi connectivity index (χ2n) is 6.30. The van der Waals surface area contributed by atoms with Crippen molar-refractivity contribution in [2.45, 2.75) is 26.9 Å². The van der Waals surface area contributed by atoms with Crippen LogP contribution in [0.4, 0.5) is 0 Å². The Balaban J connectivity index is 1.78. The van der Waals surface area contributed by atoms with Crippen LogP contribution in [0, 0.1) is 13.8 Å². The molecule has 130 valence electrons. The van der Waals surface area contributed by atoms with Gasteiger partial charge in [0.05, 0.1) is 18.0 Å². The zero-order valence-electron chi connectivity index (χ0n) is 14.8. The van der Waals surface area contributed by atoms with Crippen molar-refractivity contribution in [1.82, 2.24) is 19.7 Å². The van der Waals surface area contributed by atoms with Crippen LogP contribution in [-0.2, 0) is 13.1 Å². The van der Waals surface area contributed by atoms with E-state index in [0.717, 1.165) is 35.7 Å². The maximum atomic E-state index is 9.39. The number of benzene rings is 1. The summed E-state index contributed by atoms with van der Waals surface area (Å²) in [4.78, 5) is 6.39. The molecule has 0 radical (unpaired) electrons. The third kappa shape index (κ3) is 4.53. The second kappa shape index (κ2) is 8.05. The first-order chi connectivity index (χ1) is 12.2. The van der Waals surface area contributed by atoms with Crippen LogP contribution in [0.15, 0.2) is 54.9 Å². The molecule has 0 unspecified atom stereocenters. The monoisotopic (exact) mass is 336 g/mol. The van der Waals surface area contributed by atoms with E-state index in [0.29, 0.717) is 6.54 Å². The number of aliphatic hydroxyl groups excluding tert-OH is 1. The van der Waals surface area contributed by atoms with Gasteiger partial charge in [0.25, 0.3) is 0 Å². The maximum Gasteiger partial charge on any atom is 0.0651 e. The van der Waals surface area contributed by atoms with E-state index < -0.39 is 0 Å². The number of pyridine rings is 1. The molecule has 0 amide bonds. The fourth-order valence-electron chi connectivity index (χ4n) is 3.04. The molecule has 1 N–H and O–H groups in total. The van der Waals surface area contributed by atoms with Crippen LogP contribution >= 0.6 is 0 Å². The van der Waals surface area contributed by atoms with Crippen LogP contribution in [0.5, 0.6) is 0 Å². The Morgan fingerprint density at radius 1 is 1.04 bits per heavy atom. The summed E-state index contributed by atoms with van der Waals surface area (Å²) in [5, 5.41) is 14.0. The van der Waals surface area contributed by atoms with Gasteiger partial charge in [-0.05, 0) is 49.2 Å². The van der Waals surface area contributed by atoms with Gasteiger partial charge in [-0.15, -0.1) is 0 Å². The van der Waals surface area contributed by atoms with Gasteiger partial charge in [0.1, 0.15) is 0 Å². The van der Waals surface area contributed by atoms with E-state index in [-0.39, 0.29) is 6.61 Å². The van der Waals surface area contributed by atoms with Crippen molar-refractivity contribution in [3.8, 4) is 5.69 Å². The van der Waals surface area contributed by atoms with Gasteiger partial charge in [-0.2, -0.15) is 5.10 Å². The van der Waals surface area contributed by atoms with E-state index in [1.54, 1.807) is 6.20 Å². The van der Waals surface area contributed by atoms with Gasteiger partial charge in [-0.25, -0.2) is 4.68 Å². The minimum Gasteiger partial charge on any atom is -0.395 e. The Morgan fingerprint density at radius 3 is 2.52 bits per heavy atom. The average Bonchev–Trinajstić information content (AvgIpc) is 2.95. The predicted octanol–water partition coefficient (Wildman–Crippen LogP) is 2.88. The minimum atomic E-state index is 0.136. The maximum absolute atomic E-state index is 9.39. The van der Waals surface area contributed by atoms with Gasteiger partial charge in [-0.1, -0.05) is 18.2 Å². The molecule has 0 bridgehead atoms. The molecule has 5 heteroatoms. The highest BCUT2D eigenvalue weighted by Gasteiger charge is 2.09. The van der Waals surface area contributed by atoms with Crippen LogP contribution in [0.1, 0.15) is 22.5 Å². The third-order valence-corrected chi connectivity index (χ3v) is 4.12. The van der Waals surface area contributed by atoms with Gasteiger partial charge in [0.15, 0.2) is 0 Å². The summed E-state index contributed by atoms with van der Waals surface area (Å²) in [6, 6.07) is 14.5. The minimum absolute atomic E-state index is 0.136. The SMILES string of the molecule is Cc1cc(C)n(-c2cccc(CN(CCO)Cc3cccnc3)c2)n1. The van der Waals surface area contributed by atoms with Crippen molar-refractivity contribution in [2.75, 3.05) is 13.2 Å². The smallest absolute Gasteiger partial charge is 0.0651 e. The fraction of sp³-hybridized carbons (Fsp3) is 0.300. The molecule has 1 aromatic carbocycles. The van der Waals surface area contributed by atoms with Gasteiger partial charge in [0.2, 0.25) is 0 Å². The van der Waals surface area contributed by atoms with Crippen molar-refractivity contribution in [3.63, 3.8) is 0 Å². The number of nitrogens with zero attached hydrogens (tertiary/aromatic N) is 4. The van der Waals surface area contributed by atoms with Gasteiger partial charge in [-0.3, -0.25) is 9.88 Å². The zero-order chi connectivity index (χ0) is 17.6. The lowest BCUT2D eigenvalue weighted by molar-refractivity contribution is 0.184. The van der Waals surface area contributed by atoms with Crippen LogP contribution in [0.2, 0.25) is 0 Å². The number of hydrogen-bond donors (Lipinski definition) is 1. The Labute approximate surface area is 148 Å². The number of aromatic nitrogens is 3. The second-order valence-corrected chi connectivity index (χ2v) is 6.30. The molecule has 0 aliphatic rings. The molecule has 2 heterocycles. The zero-order valence-corrected chi connectivity index (χ0v) is 14.8. The third-order valence-electron chi connectivity index (χ3n) is 4.12. The quantitative estimate of drug-likeness (QED) is 0.721. The van der Waals surface area contributed by atoms with E-state index in [1.807, 2.05) is 23.9 Å². The molecular weight excluding hydrogens is 312 g/mol. The van der Waals surface area contributed by atoms with E-state index in [4.69, 9.17) is 0 Å². The molecule has 0 saturated carbocycles. The summed E-state index contributed by atoms with van der Waals surface area (Å²) in [5.41, 5.74) is 5.54. The first-order valence-electron chi connectivity index (χ1n) is 8.50. The van der Waals surface area contributed by atoms with Crippen molar-refractivity contribution >= 4 is 0 Å². The first kappa shape index (κ1) is 17.3. The standard InChI is InChI=1S/C20H24N4O/c1-16-11-17(2)24(22-16)20-7-3-5-18(12-20)14-23(9-10-25)15-19-6-4-8-21-13-19/h3-8,11-13,25H,9-10,14-15H2,1-2H3. The Hall–Kier alpha value is -2.50. The molecule has 25 heavy (non-hydrogen) atoms. The largest absolute Gasteiger partial charge is 0.395 e. The number of rotatable bonds is 7. The molecule has 3 aromatic rings. The highest BCUT2D eigenvalue weighted by atomic mass is 16.3. The summed E-state index contributed by atoms with van der Waals surface area (Å²) in [5.74, 6) is 0. The number of hydrogen-bond acceptors (Lipinski definition) is 4. The lowest BCUT2D eigenvalue weighted by atomic mass is 10.1. The van der Waals surface area contributed by atoms with Crippen LogP contribution in [-0.4, -0.2) is 37.9 Å². The van der Waals surface area contributed by atoms with E-state index >= 15 is 0 Å². The molecule has 3 rings (SSSR count). The van der Waals surface area contributed by atoms with Gasteiger partial charge < -0.3 is 5.11 Å². The average molecular weight is 336 g/mol. The van der Waals surface area contributed by atoms with Crippen molar-refractivity contribution in [1.29, 1.82) is 0 Å². The topological polar surface area (TPSA) is 54.2 Å². The molecule has 0 saturated heterocycles. The predicted molar refractivity (Wildman–Crippen MR) is 98.5 cm³/mol. The summed E-state index contributed by atoms with van der Waals surface area (Å²) in [6.07, 6.45) is 3.65. The molecule has 0 fully saturated rings. The summed E-state index contributed by atoms with van der Waals surface area (Å²) >= 11 is 0. The van der Waals surface area contributed by atoms with Crippen molar-refractivity contribution < 1.29 is 5.11 Å². The van der Waals surface area contributed by atoms with Crippen LogP contribution in [0.25, 0.3) is 5.69 Å². The summed E-state index contributed by atoms with van der Waals surface area (Å²) < 4.78 is 1.97. The lowest BCUT2D eigenvalue weighted by Gasteiger charge is -2.21. The van der Waals surface area contributed by atoms with E-state index in [9.17, 15) is 5.11 Å². The number of aliphatic hydroxyl groups is 1. The Kier molecular flexibility index (Phi) is 5.58. The molecule has 0 spiro atoms. The molecule has 0 aliphatic heterocycles. The van der Waals surface area contributed by atoms with Gasteiger partial charge in [0, 0.05) is 37.7 Å². The Bertz CT molecular complexity index is 814. The molecular formula is C20H24N4O. The first-order valence-corrected chi connectivity index (χ1v) is 8.50. The van der Waals surface area contributed by atoms with Crippen LogP contribution in [0.3, 0.4) is 0 Å². The van der Waals surface area contributed by atoms with Crippen molar-refractivity contribution in [3.05, 3.63) is 77.4 Å². The normalized spacial score (nSPS) is 11.2. The molecule has 0 atom stereocenters.